The standard InChI is InChI=1S/C10H9ClOS/c1-2-6-3-4-7(11)9-8(12)5-13-10(6)9/h3-5,12H,2H2,1H3. The molecule has 1 aromatic carbocycles. The number of thiophene rings is 1. The number of aryl methyl sites for hydroxylation is 1. The van der Waals surface area contributed by atoms with Crippen LogP contribution in [0.5, 0.6) is 5.75 Å². The molecule has 0 saturated heterocycles. The Morgan fingerprint density at radius 1 is 1.46 bits per heavy atom. The van der Waals surface area contributed by atoms with Crippen molar-refractivity contribution in [1.29, 1.82) is 0 Å². The number of rotatable bonds is 1. The summed E-state index contributed by atoms with van der Waals surface area (Å²) in [7, 11) is 0. The van der Waals surface area contributed by atoms with Gasteiger partial charge in [0, 0.05) is 10.1 Å². The van der Waals surface area contributed by atoms with E-state index in [9.17, 15) is 5.11 Å². The number of hydrogen-bond acceptors (Lipinski definition) is 2. The summed E-state index contributed by atoms with van der Waals surface area (Å²) in [5, 5.41) is 12.7. The molecule has 1 N–H and O–H groups in total. The van der Waals surface area contributed by atoms with E-state index < -0.39 is 0 Å². The molecule has 0 saturated carbocycles. The zero-order valence-electron chi connectivity index (χ0n) is 7.17. The van der Waals surface area contributed by atoms with Gasteiger partial charge in [-0.25, -0.2) is 0 Å². The molecule has 0 aliphatic heterocycles. The quantitative estimate of drug-likeness (QED) is 0.762. The Kier molecular flexibility index (Phi) is 2.18. The third-order valence-corrected chi connectivity index (χ3v) is 3.47. The summed E-state index contributed by atoms with van der Waals surface area (Å²) < 4.78 is 1.10. The Morgan fingerprint density at radius 3 is 2.92 bits per heavy atom. The van der Waals surface area contributed by atoms with Gasteiger partial charge in [0.2, 0.25) is 0 Å². The second kappa shape index (κ2) is 3.20. The van der Waals surface area contributed by atoms with Crippen LogP contribution in [0.25, 0.3) is 10.1 Å². The van der Waals surface area contributed by atoms with E-state index in [1.807, 2.05) is 12.1 Å². The highest BCUT2D eigenvalue weighted by Gasteiger charge is 2.09. The SMILES string of the molecule is CCc1ccc(Cl)c2c(O)csc12. The van der Waals surface area contributed by atoms with Crippen LogP contribution in [0.1, 0.15) is 12.5 Å². The first kappa shape index (κ1) is 8.85. The fourth-order valence-corrected chi connectivity index (χ4v) is 2.78. The van der Waals surface area contributed by atoms with Gasteiger partial charge in [0.15, 0.2) is 0 Å². The topological polar surface area (TPSA) is 20.2 Å². The Bertz CT molecular complexity index is 447. The van der Waals surface area contributed by atoms with Crippen LogP contribution in [0, 0.1) is 0 Å². The zero-order valence-corrected chi connectivity index (χ0v) is 8.75. The van der Waals surface area contributed by atoms with Crippen LogP contribution in [0.3, 0.4) is 0 Å². The third-order valence-electron chi connectivity index (χ3n) is 2.11. The van der Waals surface area contributed by atoms with Crippen LogP contribution in [-0.2, 0) is 6.42 Å². The minimum absolute atomic E-state index is 0.292. The molecule has 0 unspecified atom stereocenters. The number of hydrogen-bond donors (Lipinski definition) is 1. The van der Waals surface area contributed by atoms with E-state index in [-0.39, 0.29) is 0 Å². The predicted octanol–water partition coefficient (Wildman–Crippen LogP) is 3.82. The smallest absolute Gasteiger partial charge is 0.135 e. The first-order valence-electron chi connectivity index (χ1n) is 4.11. The molecule has 0 spiro atoms. The van der Waals surface area contributed by atoms with Gasteiger partial charge in [-0.3, -0.25) is 0 Å². The Balaban J connectivity index is 2.87. The van der Waals surface area contributed by atoms with Crippen molar-refractivity contribution in [3.63, 3.8) is 0 Å². The summed E-state index contributed by atoms with van der Waals surface area (Å²) in [5.41, 5.74) is 1.24. The first-order valence-corrected chi connectivity index (χ1v) is 5.37. The molecule has 0 aliphatic rings. The van der Waals surface area contributed by atoms with Crippen LogP contribution in [0.15, 0.2) is 17.5 Å². The molecule has 0 amide bonds. The van der Waals surface area contributed by atoms with E-state index in [0.717, 1.165) is 16.5 Å². The van der Waals surface area contributed by atoms with Gasteiger partial charge in [0.1, 0.15) is 5.75 Å². The maximum absolute atomic E-state index is 9.54. The van der Waals surface area contributed by atoms with Gasteiger partial charge in [-0.2, -0.15) is 0 Å². The van der Waals surface area contributed by atoms with Gasteiger partial charge in [-0.1, -0.05) is 24.6 Å². The van der Waals surface area contributed by atoms with Crippen molar-refractivity contribution in [3.8, 4) is 5.75 Å². The number of fused-ring (bicyclic) bond motifs is 1. The lowest BCUT2D eigenvalue weighted by Gasteiger charge is -2.00. The van der Waals surface area contributed by atoms with Crippen molar-refractivity contribution >= 4 is 33.0 Å². The van der Waals surface area contributed by atoms with Crippen molar-refractivity contribution in [3.05, 3.63) is 28.1 Å². The molecule has 13 heavy (non-hydrogen) atoms. The van der Waals surface area contributed by atoms with Crippen molar-refractivity contribution < 1.29 is 5.11 Å². The molecule has 1 heterocycles. The van der Waals surface area contributed by atoms with Crippen molar-refractivity contribution in [2.45, 2.75) is 13.3 Å². The molecule has 0 atom stereocenters. The fraction of sp³-hybridized carbons (Fsp3) is 0.200. The van der Waals surface area contributed by atoms with E-state index in [1.54, 1.807) is 16.7 Å². The Hall–Kier alpha value is -0.730. The molecular weight excluding hydrogens is 204 g/mol. The van der Waals surface area contributed by atoms with Crippen molar-refractivity contribution in [2.24, 2.45) is 0 Å². The summed E-state index contributed by atoms with van der Waals surface area (Å²) in [6, 6.07) is 3.86. The summed E-state index contributed by atoms with van der Waals surface area (Å²) in [4.78, 5) is 0. The minimum atomic E-state index is 0.292. The van der Waals surface area contributed by atoms with Crippen molar-refractivity contribution in [1.82, 2.24) is 0 Å². The van der Waals surface area contributed by atoms with Crippen LogP contribution in [-0.4, -0.2) is 5.11 Å². The normalized spacial score (nSPS) is 10.9. The third kappa shape index (κ3) is 1.30. The molecule has 2 aromatic rings. The van der Waals surface area contributed by atoms with E-state index in [1.165, 1.54) is 5.56 Å². The average molecular weight is 213 g/mol. The van der Waals surface area contributed by atoms with Gasteiger partial charge in [-0.05, 0) is 18.1 Å². The van der Waals surface area contributed by atoms with E-state index in [2.05, 4.69) is 6.92 Å². The summed E-state index contributed by atoms with van der Waals surface area (Å²) in [6.07, 6.45) is 0.966. The van der Waals surface area contributed by atoms with Crippen LogP contribution < -0.4 is 0 Å². The molecule has 1 aromatic heterocycles. The van der Waals surface area contributed by atoms with Gasteiger partial charge in [0.05, 0.1) is 10.4 Å². The Morgan fingerprint density at radius 2 is 2.23 bits per heavy atom. The molecule has 1 nitrogen and oxygen atoms in total. The van der Waals surface area contributed by atoms with Crippen LogP contribution in [0.4, 0.5) is 0 Å². The summed E-state index contributed by atoms with van der Waals surface area (Å²) >= 11 is 7.52. The number of halogens is 1. The molecule has 3 heteroatoms. The first-order chi connectivity index (χ1) is 6.24. The van der Waals surface area contributed by atoms with E-state index in [0.29, 0.717) is 10.8 Å². The second-order valence-corrected chi connectivity index (χ2v) is 4.17. The van der Waals surface area contributed by atoms with E-state index >= 15 is 0 Å². The largest absolute Gasteiger partial charge is 0.506 e. The number of benzene rings is 1. The summed E-state index contributed by atoms with van der Waals surface area (Å²) in [6.45, 7) is 2.10. The molecule has 0 radical (unpaired) electrons. The van der Waals surface area contributed by atoms with Crippen LogP contribution in [0.2, 0.25) is 5.02 Å². The lowest BCUT2D eigenvalue weighted by molar-refractivity contribution is 0.483. The molecule has 2 rings (SSSR count). The maximum atomic E-state index is 9.54. The highest BCUT2D eigenvalue weighted by atomic mass is 35.5. The van der Waals surface area contributed by atoms with Crippen molar-refractivity contribution in [2.75, 3.05) is 0 Å². The summed E-state index contributed by atoms with van der Waals surface area (Å²) in [5.74, 6) is 0.292. The predicted molar refractivity (Wildman–Crippen MR) is 57.9 cm³/mol. The fourth-order valence-electron chi connectivity index (χ4n) is 1.43. The maximum Gasteiger partial charge on any atom is 0.135 e. The van der Waals surface area contributed by atoms with Gasteiger partial charge in [0.25, 0.3) is 0 Å². The molecule has 0 aliphatic carbocycles. The molecule has 0 bridgehead atoms. The zero-order chi connectivity index (χ0) is 9.42. The van der Waals surface area contributed by atoms with Gasteiger partial charge in [-0.15, -0.1) is 11.3 Å². The average Bonchev–Trinajstić information content (AvgIpc) is 2.50. The Labute approximate surface area is 85.6 Å². The minimum Gasteiger partial charge on any atom is -0.506 e. The monoisotopic (exact) mass is 212 g/mol. The van der Waals surface area contributed by atoms with Gasteiger partial charge < -0.3 is 5.11 Å². The molecule has 68 valence electrons. The number of aromatic hydroxyl groups is 1. The van der Waals surface area contributed by atoms with Gasteiger partial charge >= 0.3 is 0 Å². The second-order valence-electron chi connectivity index (χ2n) is 2.89. The van der Waals surface area contributed by atoms with E-state index in [4.69, 9.17) is 11.6 Å². The highest BCUT2D eigenvalue weighted by molar-refractivity contribution is 7.17. The molecular formula is C10H9ClOS. The highest BCUT2D eigenvalue weighted by Crippen LogP contribution is 2.38. The van der Waals surface area contributed by atoms with Crippen LogP contribution >= 0.6 is 22.9 Å². The lowest BCUT2D eigenvalue weighted by Crippen LogP contribution is -1.79. The molecule has 0 fully saturated rings. The lowest BCUT2D eigenvalue weighted by atomic mass is 10.1.